The van der Waals surface area contributed by atoms with Crippen molar-refractivity contribution in [2.45, 2.75) is 13.8 Å². The predicted octanol–water partition coefficient (Wildman–Crippen LogP) is 2.22. The first-order valence-electron chi connectivity index (χ1n) is 5.33. The van der Waals surface area contributed by atoms with Gasteiger partial charge in [-0.2, -0.15) is 5.10 Å². The number of rotatable bonds is 1. The van der Waals surface area contributed by atoms with Gasteiger partial charge in [-0.1, -0.05) is 6.58 Å². The van der Waals surface area contributed by atoms with Gasteiger partial charge in [0.05, 0.1) is 0 Å². The first kappa shape index (κ1) is 11.3. The van der Waals surface area contributed by atoms with Crippen LogP contribution in [0.3, 0.4) is 0 Å². The van der Waals surface area contributed by atoms with E-state index in [9.17, 15) is 0 Å². The molecule has 1 aliphatic heterocycles. The van der Waals surface area contributed by atoms with E-state index in [1.165, 1.54) is 0 Å². The Morgan fingerprint density at radius 1 is 1.18 bits per heavy atom. The monoisotopic (exact) mass is 226 g/mol. The van der Waals surface area contributed by atoms with Crippen LogP contribution in [-0.4, -0.2) is 16.2 Å². The van der Waals surface area contributed by atoms with Gasteiger partial charge < -0.3 is 0 Å². The van der Waals surface area contributed by atoms with E-state index in [2.05, 4.69) is 27.1 Å². The summed E-state index contributed by atoms with van der Waals surface area (Å²) in [6.07, 6.45) is 9.01. The third kappa shape index (κ3) is 2.47. The van der Waals surface area contributed by atoms with E-state index >= 15 is 0 Å². The molecule has 1 aliphatic rings. The second kappa shape index (κ2) is 4.74. The first-order valence-corrected chi connectivity index (χ1v) is 5.33. The standard InChI is InChI=1S/C13H14N4/c1-9-4-5-16-17-8-13(10(9)2)12-6-14-11(3)15-7-12/h4-8,17H,2H2,1,3H3/b9-4-,13-8+,16-5-. The molecule has 1 aromatic heterocycles. The van der Waals surface area contributed by atoms with Crippen LogP contribution in [0.1, 0.15) is 18.3 Å². The minimum atomic E-state index is 0.754. The van der Waals surface area contributed by atoms with Gasteiger partial charge in [-0.3, -0.25) is 5.43 Å². The molecule has 0 atom stereocenters. The van der Waals surface area contributed by atoms with Crippen LogP contribution in [0.5, 0.6) is 0 Å². The lowest BCUT2D eigenvalue weighted by Gasteiger charge is -2.12. The third-order valence-electron chi connectivity index (χ3n) is 2.58. The summed E-state index contributed by atoms with van der Waals surface area (Å²) in [6, 6.07) is 0. The van der Waals surface area contributed by atoms with E-state index in [1.54, 1.807) is 18.6 Å². The van der Waals surface area contributed by atoms with Crippen molar-refractivity contribution in [3.8, 4) is 0 Å². The van der Waals surface area contributed by atoms with Gasteiger partial charge in [-0.25, -0.2) is 9.97 Å². The van der Waals surface area contributed by atoms with Crippen molar-refractivity contribution >= 4 is 11.8 Å². The number of aromatic nitrogens is 2. The number of allylic oxidation sites excluding steroid dienone is 4. The average molecular weight is 226 g/mol. The van der Waals surface area contributed by atoms with Crippen molar-refractivity contribution in [2.24, 2.45) is 5.10 Å². The minimum absolute atomic E-state index is 0.754. The second-order valence-electron chi connectivity index (χ2n) is 3.81. The SMILES string of the molecule is C=C1/C(C)=C\C=N/N/C=C\1c1cnc(C)nc1. The smallest absolute Gasteiger partial charge is 0.125 e. The maximum Gasteiger partial charge on any atom is 0.125 e. The van der Waals surface area contributed by atoms with Gasteiger partial charge in [0.2, 0.25) is 0 Å². The van der Waals surface area contributed by atoms with Crippen molar-refractivity contribution in [1.82, 2.24) is 15.4 Å². The van der Waals surface area contributed by atoms with Crippen LogP contribution >= 0.6 is 0 Å². The number of nitrogens with zero attached hydrogens (tertiary/aromatic N) is 3. The highest BCUT2D eigenvalue weighted by Crippen LogP contribution is 2.25. The van der Waals surface area contributed by atoms with Crippen molar-refractivity contribution in [3.05, 3.63) is 53.8 Å². The summed E-state index contributed by atoms with van der Waals surface area (Å²) in [4.78, 5) is 8.38. The molecule has 2 heterocycles. The molecule has 86 valence electrons. The Kier molecular flexibility index (Phi) is 3.14. The molecule has 0 aromatic carbocycles. The highest BCUT2D eigenvalue weighted by Gasteiger charge is 2.09. The summed E-state index contributed by atoms with van der Waals surface area (Å²) >= 11 is 0. The highest BCUT2D eigenvalue weighted by atomic mass is 15.3. The van der Waals surface area contributed by atoms with Gasteiger partial charge >= 0.3 is 0 Å². The molecular weight excluding hydrogens is 212 g/mol. The van der Waals surface area contributed by atoms with Crippen LogP contribution in [-0.2, 0) is 0 Å². The molecule has 0 unspecified atom stereocenters. The normalized spacial score (nSPS) is 23.5. The summed E-state index contributed by atoms with van der Waals surface area (Å²) in [5.74, 6) is 0.754. The summed E-state index contributed by atoms with van der Waals surface area (Å²) in [5, 5.41) is 4.00. The van der Waals surface area contributed by atoms with E-state index in [0.29, 0.717) is 0 Å². The Morgan fingerprint density at radius 3 is 2.59 bits per heavy atom. The van der Waals surface area contributed by atoms with Gasteiger partial charge in [-0.15, -0.1) is 0 Å². The average Bonchev–Trinajstić information content (AvgIpc) is 2.32. The van der Waals surface area contributed by atoms with E-state index in [-0.39, 0.29) is 0 Å². The summed E-state index contributed by atoms with van der Waals surface area (Å²) in [7, 11) is 0. The molecule has 0 bridgehead atoms. The summed E-state index contributed by atoms with van der Waals surface area (Å²) in [5.41, 5.74) is 6.74. The zero-order chi connectivity index (χ0) is 12.3. The Balaban J connectivity index is 2.43. The largest absolute Gasteiger partial charge is 0.285 e. The quantitative estimate of drug-likeness (QED) is 0.798. The van der Waals surface area contributed by atoms with E-state index < -0.39 is 0 Å². The molecule has 0 radical (unpaired) electrons. The highest BCUT2D eigenvalue weighted by molar-refractivity contribution is 5.85. The van der Waals surface area contributed by atoms with Crippen LogP contribution in [0.25, 0.3) is 5.57 Å². The lowest BCUT2D eigenvalue weighted by atomic mass is 9.96. The molecule has 0 saturated heterocycles. The van der Waals surface area contributed by atoms with Crippen molar-refractivity contribution in [2.75, 3.05) is 0 Å². The van der Waals surface area contributed by atoms with E-state index in [0.717, 1.165) is 28.1 Å². The Bertz CT molecular complexity index is 521. The lowest BCUT2D eigenvalue weighted by molar-refractivity contribution is 0.973. The minimum Gasteiger partial charge on any atom is -0.285 e. The van der Waals surface area contributed by atoms with Crippen LogP contribution in [0, 0.1) is 6.92 Å². The number of aryl methyl sites for hydroxylation is 1. The fourth-order valence-electron chi connectivity index (χ4n) is 1.48. The first-order chi connectivity index (χ1) is 8.18. The molecule has 4 nitrogen and oxygen atoms in total. The summed E-state index contributed by atoms with van der Waals surface area (Å²) in [6.45, 7) is 7.95. The topological polar surface area (TPSA) is 50.2 Å². The fourth-order valence-corrected chi connectivity index (χ4v) is 1.48. The number of hydrogen-bond acceptors (Lipinski definition) is 4. The van der Waals surface area contributed by atoms with E-state index in [1.807, 2.05) is 26.1 Å². The molecule has 4 heteroatoms. The molecule has 0 spiro atoms. The molecule has 17 heavy (non-hydrogen) atoms. The maximum atomic E-state index is 4.19. The van der Waals surface area contributed by atoms with E-state index in [4.69, 9.17) is 0 Å². The Labute approximate surface area is 100 Å². The Morgan fingerprint density at radius 2 is 1.88 bits per heavy atom. The molecule has 2 rings (SSSR count). The van der Waals surface area contributed by atoms with Gasteiger partial charge in [-0.05, 0) is 31.1 Å². The number of hydrazone groups is 1. The lowest BCUT2D eigenvalue weighted by Crippen LogP contribution is -2.03. The van der Waals surface area contributed by atoms with Crippen LogP contribution in [0.15, 0.2) is 47.5 Å². The molecular formula is C13H14N4. The van der Waals surface area contributed by atoms with Crippen molar-refractivity contribution in [3.63, 3.8) is 0 Å². The summed E-state index contributed by atoms with van der Waals surface area (Å²) < 4.78 is 0. The molecule has 0 fully saturated rings. The van der Waals surface area contributed by atoms with Gasteiger partial charge in [0.15, 0.2) is 0 Å². The molecule has 0 aliphatic carbocycles. The van der Waals surface area contributed by atoms with Crippen molar-refractivity contribution in [1.29, 1.82) is 0 Å². The van der Waals surface area contributed by atoms with Crippen LogP contribution in [0.4, 0.5) is 0 Å². The second-order valence-corrected chi connectivity index (χ2v) is 3.81. The molecule has 1 aromatic rings. The molecule has 1 N–H and O–H groups in total. The molecule has 0 saturated carbocycles. The van der Waals surface area contributed by atoms with Crippen LogP contribution < -0.4 is 5.43 Å². The zero-order valence-corrected chi connectivity index (χ0v) is 9.94. The zero-order valence-electron chi connectivity index (χ0n) is 9.94. The van der Waals surface area contributed by atoms with Gasteiger partial charge in [0.1, 0.15) is 5.82 Å². The Hall–Kier alpha value is -2.23. The van der Waals surface area contributed by atoms with Gasteiger partial charge in [0, 0.05) is 35.9 Å². The maximum absolute atomic E-state index is 4.19. The predicted molar refractivity (Wildman–Crippen MR) is 69.3 cm³/mol. The van der Waals surface area contributed by atoms with Crippen LogP contribution in [0.2, 0.25) is 0 Å². The third-order valence-corrected chi connectivity index (χ3v) is 2.58. The molecule has 0 amide bonds. The number of nitrogens with one attached hydrogen (secondary N) is 1. The van der Waals surface area contributed by atoms with Crippen molar-refractivity contribution < 1.29 is 0 Å². The number of hydrogen-bond donors (Lipinski definition) is 1. The van der Waals surface area contributed by atoms with Gasteiger partial charge in [0.25, 0.3) is 0 Å². The fraction of sp³-hybridized carbons (Fsp3) is 0.154.